The summed E-state index contributed by atoms with van der Waals surface area (Å²) in [5, 5.41) is 9.48. The number of nitrogens with zero attached hydrogens (tertiary/aromatic N) is 1. The fraction of sp³-hybridized carbons (Fsp3) is 0.294. The van der Waals surface area contributed by atoms with Crippen LogP contribution in [0.25, 0.3) is 0 Å². The number of carboxylic acids is 1. The van der Waals surface area contributed by atoms with Gasteiger partial charge in [-0.05, 0) is 24.6 Å². The van der Waals surface area contributed by atoms with Crippen molar-refractivity contribution in [3.8, 4) is 0 Å². The lowest BCUT2D eigenvalue weighted by Gasteiger charge is -2.15. The highest BCUT2D eigenvalue weighted by molar-refractivity contribution is 7.13. The van der Waals surface area contributed by atoms with Gasteiger partial charge >= 0.3 is 5.97 Å². The minimum absolute atomic E-state index is 0.0669. The van der Waals surface area contributed by atoms with Gasteiger partial charge in [-0.15, -0.1) is 11.3 Å². The van der Waals surface area contributed by atoms with E-state index < -0.39 is 11.9 Å². The predicted molar refractivity (Wildman–Crippen MR) is 85.3 cm³/mol. The van der Waals surface area contributed by atoms with Crippen LogP contribution in [0.4, 0.5) is 0 Å². The van der Waals surface area contributed by atoms with Crippen LogP contribution >= 0.6 is 11.3 Å². The molecule has 2 unspecified atom stereocenters. The summed E-state index contributed by atoms with van der Waals surface area (Å²) in [5.74, 6) is -1.61. The van der Waals surface area contributed by atoms with Crippen LogP contribution in [0.2, 0.25) is 0 Å². The summed E-state index contributed by atoms with van der Waals surface area (Å²) in [6.45, 7) is 2.68. The Bertz CT molecular complexity index is 695. The maximum Gasteiger partial charge on any atom is 0.308 e. The number of amides is 1. The molecule has 2 heterocycles. The van der Waals surface area contributed by atoms with Crippen LogP contribution in [-0.2, 0) is 4.79 Å². The third kappa shape index (κ3) is 2.76. The Labute approximate surface area is 133 Å². The van der Waals surface area contributed by atoms with Crippen molar-refractivity contribution in [2.45, 2.75) is 12.8 Å². The Morgan fingerprint density at radius 1 is 1.14 bits per heavy atom. The van der Waals surface area contributed by atoms with Crippen molar-refractivity contribution in [2.75, 3.05) is 13.1 Å². The molecule has 1 aromatic heterocycles. The smallest absolute Gasteiger partial charge is 0.308 e. The number of aliphatic carboxylic acids is 1. The van der Waals surface area contributed by atoms with E-state index in [0.29, 0.717) is 11.4 Å². The number of thiophene rings is 1. The van der Waals surface area contributed by atoms with Gasteiger partial charge in [0.2, 0.25) is 0 Å². The monoisotopic (exact) mass is 315 g/mol. The van der Waals surface area contributed by atoms with Crippen molar-refractivity contribution in [1.29, 1.82) is 0 Å². The van der Waals surface area contributed by atoms with E-state index in [0.717, 1.165) is 10.4 Å². The highest BCUT2D eigenvalue weighted by Gasteiger charge is 2.40. The van der Waals surface area contributed by atoms with Crippen LogP contribution in [0, 0.1) is 12.8 Å². The van der Waals surface area contributed by atoms with Crippen LogP contribution < -0.4 is 0 Å². The summed E-state index contributed by atoms with van der Waals surface area (Å²) < 4.78 is 0. The number of benzene rings is 1. The summed E-state index contributed by atoms with van der Waals surface area (Å²) in [5.41, 5.74) is 0.979. The van der Waals surface area contributed by atoms with Gasteiger partial charge in [0, 0.05) is 23.9 Å². The van der Waals surface area contributed by atoms with Gasteiger partial charge in [-0.1, -0.05) is 30.3 Å². The molecule has 1 saturated heterocycles. The van der Waals surface area contributed by atoms with Crippen LogP contribution in [0.3, 0.4) is 0 Å². The Morgan fingerprint density at radius 2 is 1.86 bits per heavy atom. The third-order valence-corrected chi connectivity index (χ3v) is 5.09. The van der Waals surface area contributed by atoms with Crippen LogP contribution in [0.5, 0.6) is 0 Å². The zero-order valence-electron chi connectivity index (χ0n) is 12.2. The Hall–Kier alpha value is -2.14. The van der Waals surface area contributed by atoms with E-state index in [1.54, 1.807) is 4.90 Å². The van der Waals surface area contributed by atoms with Crippen LogP contribution in [-0.4, -0.2) is 35.0 Å². The van der Waals surface area contributed by atoms with Crippen molar-refractivity contribution in [2.24, 2.45) is 5.92 Å². The lowest BCUT2D eigenvalue weighted by atomic mass is 9.89. The molecular weight excluding hydrogens is 298 g/mol. The molecule has 114 valence electrons. The molecule has 1 amide bonds. The fourth-order valence-corrected chi connectivity index (χ4v) is 3.80. The van der Waals surface area contributed by atoms with Crippen molar-refractivity contribution in [3.05, 3.63) is 57.8 Å². The summed E-state index contributed by atoms with van der Waals surface area (Å²) >= 11 is 1.45. The molecule has 4 nitrogen and oxygen atoms in total. The molecule has 1 aliphatic heterocycles. The summed E-state index contributed by atoms with van der Waals surface area (Å²) in [6.07, 6.45) is 0. The SMILES string of the molecule is Cc1ccc(C(=O)N2CC(C(=O)O)C(c3ccccc3)C2)s1. The first kappa shape index (κ1) is 14.8. The number of carbonyl (C=O) groups is 2. The van der Waals surface area contributed by atoms with Gasteiger partial charge in [-0.25, -0.2) is 0 Å². The van der Waals surface area contributed by atoms with E-state index in [1.807, 2.05) is 49.4 Å². The third-order valence-electron chi connectivity index (χ3n) is 4.10. The molecule has 0 spiro atoms. The molecule has 0 aliphatic carbocycles. The Kier molecular flexibility index (Phi) is 3.98. The number of hydrogen-bond acceptors (Lipinski definition) is 3. The predicted octanol–water partition coefficient (Wildman–Crippen LogP) is 3.00. The second kappa shape index (κ2) is 5.93. The molecular formula is C17H17NO3S. The van der Waals surface area contributed by atoms with E-state index in [9.17, 15) is 14.7 Å². The molecule has 2 atom stereocenters. The number of hydrogen-bond donors (Lipinski definition) is 1. The number of rotatable bonds is 3. The molecule has 2 aromatic rings. The second-order valence-electron chi connectivity index (χ2n) is 5.58. The lowest BCUT2D eigenvalue weighted by molar-refractivity contribution is -0.141. The maximum atomic E-state index is 12.5. The highest BCUT2D eigenvalue weighted by atomic mass is 32.1. The molecule has 1 aliphatic rings. The first-order valence-electron chi connectivity index (χ1n) is 7.19. The molecule has 0 saturated carbocycles. The van der Waals surface area contributed by atoms with Gasteiger partial charge in [0.05, 0.1) is 10.8 Å². The van der Waals surface area contributed by atoms with Gasteiger partial charge < -0.3 is 10.0 Å². The Morgan fingerprint density at radius 3 is 2.45 bits per heavy atom. The number of aryl methyl sites for hydroxylation is 1. The van der Waals surface area contributed by atoms with E-state index >= 15 is 0 Å². The second-order valence-corrected chi connectivity index (χ2v) is 6.87. The number of carboxylic acid groups (broad SMARTS) is 1. The molecule has 0 bridgehead atoms. The number of carbonyl (C=O) groups excluding carboxylic acids is 1. The quantitative estimate of drug-likeness (QED) is 0.947. The van der Waals surface area contributed by atoms with E-state index in [4.69, 9.17) is 0 Å². The molecule has 0 radical (unpaired) electrons. The van der Waals surface area contributed by atoms with E-state index in [1.165, 1.54) is 11.3 Å². The van der Waals surface area contributed by atoms with E-state index in [2.05, 4.69) is 0 Å². The van der Waals surface area contributed by atoms with E-state index in [-0.39, 0.29) is 18.4 Å². The average Bonchev–Trinajstić information content (AvgIpc) is 3.14. The molecule has 5 heteroatoms. The normalized spacial score (nSPS) is 21.0. The molecule has 1 fully saturated rings. The summed E-state index contributed by atoms with van der Waals surface area (Å²) in [7, 11) is 0. The van der Waals surface area contributed by atoms with Gasteiger partial charge in [0.15, 0.2) is 0 Å². The minimum atomic E-state index is -0.841. The van der Waals surface area contributed by atoms with Crippen molar-refractivity contribution >= 4 is 23.2 Å². The topological polar surface area (TPSA) is 57.6 Å². The van der Waals surface area contributed by atoms with Crippen LogP contribution in [0.1, 0.15) is 26.0 Å². The molecule has 1 aromatic carbocycles. The van der Waals surface area contributed by atoms with Gasteiger partial charge in [0.1, 0.15) is 0 Å². The van der Waals surface area contributed by atoms with Gasteiger partial charge in [-0.3, -0.25) is 9.59 Å². The fourth-order valence-electron chi connectivity index (χ4n) is 2.96. The minimum Gasteiger partial charge on any atom is -0.481 e. The van der Waals surface area contributed by atoms with Crippen LogP contribution in [0.15, 0.2) is 42.5 Å². The van der Waals surface area contributed by atoms with Crippen molar-refractivity contribution < 1.29 is 14.7 Å². The first-order chi connectivity index (χ1) is 10.6. The summed E-state index contributed by atoms with van der Waals surface area (Å²) in [4.78, 5) is 27.5. The van der Waals surface area contributed by atoms with Crippen molar-refractivity contribution in [1.82, 2.24) is 4.90 Å². The van der Waals surface area contributed by atoms with Crippen molar-refractivity contribution in [3.63, 3.8) is 0 Å². The Balaban J connectivity index is 1.84. The maximum absolute atomic E-state index is 12.5. The molecule has 1 N–H and O–H groups in total. The first-order valence-corrected chi connectivity index (χ1v) is 8.01. The standard InChI is InChI=1S/C17H17NO3S/c1-11-7-8-15(22-11)16(19)18-9-13(14(10-18)17(20)21)12-5-3-2-4-6-12/h2-8,13-14H,9-10H2,1H3,(H,20,21). The molecule has 3 rings (SSSR count). The summed E-state index contributed by atoms with van der Waals surface area (Å²) in [6, 6.07) is 13.3. The van der Waals surface area contributed by atoms with Gasteiger partial charge in [0.25, 0.3) is 5.91 Å². The zero-order chi connectivity index (χ0) is 15.7. The number of likely N-dealkylation sites (tertiary alicyclic amines) is 1. The molecule has 22 heavy (non-hydrogen) atoms. The lowest BCUT2D eigenvalue weighted by Crippen LogP contribution is -2.29. The average molecular weight is 315 g/mol. The van der Waals surface area contributed by atoms with Gasteiger partial charge in [-0.2, -0.15) is 0 Å². The zero-order valence-corrected chi connectivity index (χ0v) is 13.0. The largest absolute Gasteiger partial charge is 0.481 e. The highest BCUT2D eigenvalue weighted by Crippen LogP contribution is 2.34.